The van der Waals surface area contributed by atoms with E-state index in [2.05, 4.69) is 15.3 Å². The van der Waals surface area contributed by atoms with Crippen LogP contribution in [0, 0.1) is 5.82 Å². The average Bonchev–Trinajstić information content (AvgIpc) is 2.98. The molecule has 2 heterocycles. The number of hydrogen-bond donors (Lipinski definition) is 2. The number of fused-ring (bicyclic) bond motifs is 3. The predicted octanol–water partition coefficient (Wildman–Crippen LogP) is 2.08. The van der Waals surface area contributed by atoms with E-state index in [1.165, 1.54) is 40.9 Å². The highest BCUT2D eigenvalue weighted by Gasteiger charge is 2.15. The van der Waals surface area contributed by atoms with E-state index in [1.54, 1.807) is 6.07 Å². The lowest BCUT2D eigenvalue weighted by Crippen LogP contribution is -2.11. The lowest BCUT2D eigenvalue weighted by atomic mass is 10.1. The van der Waals surface area contributed by atoms with Crippen molar-refractivity contribution >= 4 is 22.5 Å². The summed E-state index contributed by atoms with van der Waals surface area (Å²) in [6.07, 6.45) is 0. The fraction of sp³-hybridized carbons (Fsp3) is 0. The highest BCUT2D eigenvalue weighted by molar-refractivity contribution is 5.94. The molecule has 118 valence electrons. The van der Waals surface area contributed by atoms with Gasteiger partial charge in [-0.1, -0.05) is 12.1 Å². The van der Waals surface area contributed by atoms with E-state index in [0.717, 1.165) is 0 Å². The first-order valence-electron chi connectivity index (χ1n) is 6.95. The maximum atomic E-state index is 13.4. The number of nitrogens with one attached hydrogen (secondary N) is 1. The quantitative estimate of drug-likeness (QED) is 0.588. The van der Waals surface area contributed by atoms with Gasteiger partial charge in [-0.15, -0.1) is 0 Å². The minimum absolute atomic E-state index is 0.0313. The van der Waals surface area contributed by atoms with Gasteiger partial charge in [0.1, 0.15) is 11.5 Å². The number of rotatable bonds is 2. The van der Waals surface area contributed by atoms with Gasteiger partial charge in [-0.25, -0.2) is 18.9 Å². The van der Waals surface area contributed by atoms with Crippen LogP contribution in [0.25, 0.3) is 27.8 Å². The van der Waals surface area contributed by atoms with Crippen molar-refractivity contribution in [1.82, 2.24) is 19.8 Å². The third-order valence-electron chi connectivity index (χ3n) is 3.71. The Hall–Kier alpha value is -3.55. The van der Waals surface area contributed by atoms with Crippen molar-refractivity contribution in [2.45, 2.75) is 0 Å². The van der Waals surface area contributed by atoms with Gasteiger partial charge in [0.2, 0.25) is 0 Å². The summed E-state index contributed by atoms with van der Waals surface area (Å²) >= 11 is 0. The maximum absolute atomic E-state index is 13.4. The van der Waals surface area contributed by atoms with E-state index in [4.69, 9.17) is 5.11 Å². The lowest BCUT2D eigenvalue weighted by Gasteiger charge is -2.02. The van der Waals surface area contributed by atoms with Crippen LogP contribution in [0.3, 0.4) is 0 Å². The van der Waals surface area contributed by atoms with Crippen molar-refractivity contribution in [1.29, 1.82) is 0 Å². The second-order valence-corrected chi connectivity index (χ2v) is 5.18. The van der Waals surface area contributed by atoms with Crippen LogP contribution in [0.4, 0.5) is 4.39 Å². The molecule has 7 nitrogen and oxygen atoms in total. The number of hydrogen-bond acceptors (Lipinski definition) is 4. The topological polar surface area (TPSA) is 100 Å². The van der Waals surface area contributed by atoms with E-state index >= 15 is 0 Å². The first kappa shape index (κ1) is 14.1. The summed E-state index contributed by atoms with van der Waals surface area (Å²) in [5, 5.41) is 16.2. The minimum atomic E-state index is -1.11. The largest absolute Gasteiger partial charge is 0.478 e. The van der Waals surface area contributed by atoms with Gasteiger partial charge in [0.05, 0.1) is 16.5 Å². The Morgan fingerprint density at radius 2 is 2.04 bits per heavy atom. The highest BCUT2D eigenvalue weighted by atomic mass is 19.1. The molecular weight excluding hydrogens is 315 g/mol. The number of nitrogens with zero attached hydrogens (tertiary/aromatic N) is 3. The number of aromatic amines is 1. The molecule has 0 saturated carbocycles. The molecule has 2 aromatic heterocycles. The summed E-state index contributed by atoms with van der Waals surface area (Å²) in [6, 6.07) is 9.85. The van der Waals surface area contributed by atoms with E-state index in [0.29, 0.717) is 16.8 Å². The summed E-state index contributed by atoms with van der Waals surface area (Å²) in [4.78, 5) is 27.4. The second-order valence-electron chi connectivity index (χ2n) is 5.18. The van der Waals surface area contributed by atoms with Crippen molar-refractivity contribution in [3.05, 3.63) is 64.2 Å². The monoisotopic (exact) mass is 324 g/mol. The second kappa shape index (κ2) is 4.98. The molecule has 0 aliphatic heterocycles. The summed E-state index contributed by atoms with van der Waals surface area (Å²) in [5.74, 6) is -1.55. The molecule has 24 heavy (non-hydrogen) atoms. The van der Waals surface area contributed by atoms with Gasteiger partial charge < -0.3 is 5.11 Å². The van der Waals surface area contributed by atoms with Crippen LogP contribution in [0.2, 0.25) is 0 Å². The fourth-order valence-corrected chi connectivity index (χ4v) is 2.59. The smallest absolute Gasteiger partial charge is 0.335 e. The van der Waals surface area contributed by atoms with Crippen LogP contribution < -0.4 is 5.56 Å². The Labute approximate surface area is 133 Å². The third kappa shape index (κ3) is 2.04. The zero-order valence-electron chi connectivity index (χ0n) is 12.0. The summed E-state index contributed by atoms with van der Waals surface area (Å²) < 4.78 is 14.8. The van der Waals surface area contributed by atoms with Gasteiger partial charge in [-0.3, -0.25) is 4.79 Å². The minimum Gasteiger partial charge on any atom is -0.478 e. The van der Waals surface area contributed by atoms with Crippen LogP contribution in [0.1, 0.15) is 10.4 Å². The van der Waals surface area contributed by atoms with Gasteiger partial charge in [-0.05, 0) is 30.3 Å². The molecule has 0 unspecified atom stereocenters. The van der Waals surface area contributed by atoms with Crippen molar-refractivity contribution in [3.8, 4) is 11.3 Å². The molecular formula is C16H9FN4O3. The van der Waals surface area contributed by atoms with Gasteiger partial charge in [0.25, 0.3) is 5.56 Å². The molecule has 8 heteroatoms. The van der Waals surface area contributed by atoms with Crippen LogP contribution in [-0.2, 0) is 0 Å². The first-order valence-corrected chi connectivity index (χ1v) is 6.95. The molecule has 0 atom stereocenters. The first-order chi connectivity index (χ1) is 11.5. The number of aromatic nitrogens is 4. The van der Waals surface area contributed by atoms with Crippen LogP contribution in [0.15, 0.2) is 47.3 Å². The normalized spacial score (nSPS) is 11.2. The summed E-state index contributed by atoms with van der Waals surface area (Å²) in [5.41, 5.74) is 0.800. The van der Waals surface area contributed by atoms with E-state index < -0.39 is 17.3 Å². The Morgan fingerprint density at radius 3 is 2.79 bits per heavy atom. The SMILES string of the molecule is O=C(O)c1ccc2c(=O)nc3c(-c4cccc(F)c4)n[nH]n3c2c1. The molecule has 0 aliphatic carbocycles. The number of H-pyrrole nitrogens is 1. The van der Waals surface area contributed by atoms with Crippen molar-refractivity contribution in [2.24, 2.45) is 0 Å². The van der Waals surface area contributed by atoms with Crippen molar-refractivity contribution < 1.29 is 14.3 Å². The number of carbonyl (C=O) groups is 1. The number of carboxylic acids is 1. The Morgan fingerprint density at radius 1 is 1.21 bits per heavy atom. The molecule has 2 N–H and O–H groups in total. The molecule has 2 aromatic carbocycles. The van der Waals surface area contributed by atoms with E-state index in [-0.39, 0.29) is 16.6 Å². The Bertz CT molecular complexity index is 1180. The molecule has 0 radical (unpaired) electrons. The average molecular weight is 324 g/mol. The van der Waals surface area contributed by atoms with Gasteiger partial charge >= 0.3 is 5.97 Å². The van der Waals surface area contributed by atoms with E-state index in [1.807, 2.05) is 0 Å². The number of halogens is 1. The molecule has 4 aromatic rings. The molecule has 4 rings (SSSR count). The molecule has 0 spiro atoms. The van der Waals surface area contributed by atoms with Crippen molar-refractivity contribution in [3.63, 3.8) is 0 Å². The van der Waals surface area contributed by atoms with Gasteiger partial charge in [-0.2, -0.15) is 10.1 Å². The number of aromatic carboxylic acids is 1. The summed E-state index contributed by atoms with van der Waals surface area (Å²) in [6.45, 7) is 0. The summed E-state index contributed by atoms with van der Waals surface area (Å²) in [7, 11) is 0. The third-order valence-corrected chi connectivity index (χ3v) is 3.71. The Balaban J connectivity index is 2.09. The van der Waals surface area contributed by atoms with E-state index in [9.17, 15) is 14.0 Å². The van der Waals surface area contributed by atoms with Gasteiger partial charge in [0.15, 0.2) is 5.65 Å². The number of benzene rings is 2. The molecule has 0 amide bonds. The predicted molar refractivity (Wildman–Crippen MR) is 83.5 cm³/mol. The highest BCUT2D eigenvalue weighted by Crippen LogP contribution is 2.23. The molecule has 0 bridgehead atoms. The van der Waals surface area contributed by atoms with Gasteiger partial charge in [0, 0.05) is 5.56 Å². The standard InChI is InChI=1S/C16H9FN4O3/c17-10-3-1-2-8(6-10)13-14-18-15(22)11-5-4-9(16(23)24)7-12(11)21(14)20-19-13/h1-7,20H,(H,23,24). The molecule has 0 saturated heterocycles. The fourth-order valence-electron chi connectivity index (χ4n) is 2.59. The van der Waals surface area contributed by atoms with Crippen molar-refractivity contribution in [2.75, 3.05) is 0 Å². The van der Waals surface area contributed by atoms with Crippen LogP contribution >= 0.6 is 0 Å². The lowest BCUT2D eigenvalue weighted by molar-refractivity contribution is 0.0697. The van der Waals surface area contributed by atoms with Crippen LogP contribution in [-0.4, -0.2) is 30.9 Å². The zero-order valence-corrected chi connectivity index (χ0v) is 12.0. The molecule has 0 aliphatic rings. The van der Waals surface area contributed by atoms with Crippen LogP contribution in [0.5, 0.6) is 0 Å². The Kier molecular flexibility index (Phi) is 2.92. The zero-order chi connectivity index (χ0) is 16.8. The number of carboxylic acid groups (broad SMARTS) is 1. The maximum Gasteiger partial charge on any atom is 0.335 e. The molecule has 0 fully saturated rings.